The van der Waals surface area contributed by atoms with Gasteiger partial charge in [0.15, 0.2) is 6.61 Å². The molecule has 0 spiro atoms. The van der Waals surface area contributed by atoms with E-state index in [1.54, 1.807) is 0 Å². The summed E-state index contributed by atoms with van der Waals surface area (Å²) < 4.78 is 5.85. The third-order valence-electron chi connectivity index (χ3n) is 2.82. The number of hydrogen-bond donors (Lipinski definition) is 2. The van der Waals surface area contributed by atoms with Crippen LogP contribution < -0.4 is 10.1 Å². The molecule has 0 saturated heterocycles. The molecule has 0 bridgehead atoms. The van der Waals surface area contributed by atoms with Gasteiger partial charge in [0.25, 0.3) is 5.91 Å². The molecule has 0 aliphatic heterocycles. The number of benzene rings is 1. The highest BCUT2D eigenvalue weighted by Gasteiger charge is 2.21. The van der Waals surface area contributed by atoms with Crippen molar-refractivity contribution in [2.75, 3.05) is 13.2 Å². The Morgan fingerprint density at radius 1 is 1.42 bits per heavy atom. The maximum Gasteiger partial charge on any atom is 0.335 e. The molecule has 0 radical (unpaired) electrons. The van der Waals surface area contributed by atoms with E-state index < -0.39 is 5.97 Å². The van der Waals surface area contributed by atoms with Crippen molar-refractivity contribution < 1.29 is 19.4 Å². The minimum Gasteiger partial charge on any atom is -0.483 e. The molecular formula is C13H14BrNO4. The number of nitrogens with one attached hydrogen (secondary N) is 1. The second kappa shape index (κ2) is 6.06. The lowest BCUT2D eigenvalue weighted by Crippen LogP contribution is -2.30. The molecule has 1 aliphatic carbocycles. The zero-order valence-corrected chi connectivity index (χ0v) is 11.8. The van der Waals surface area contributed by atoms with Crippen LogP contribution in [-0.4, -0.2) is 30.1 Å². The quantitative estimate of drug-likeness (QED) is 0.838. The van der Waals surface area contributed by atoms with Gasteiger partial charge in [0.05, 0.1) is 10.0 Å². The monoisotopic (exact) mass is 327 g/mol. The van der Waals surface area contributed by atoms with Gasteiger partial charge >= 0.3 is 5.97 Å². The van der Waals surface area contributed by atoms with Crippen molar-refractivity contribution in [1.82, 2.24) is 5.32 Å². The second-order valence-electron chi connectivity index (χ2n) is 4.49. The van der Waals surface area contributed by atoms with Crippen molar-refractivity contribution >= 4 is 27.8 Å². The highest BCUT2D eigenvalue weighted by molar-refractivity contribution is 9.10. The summed E-state index contributed by atoms with van der Waals surface area (Å²) in [6.45, 7) is 0.638. The van der Waals surface area contributed by atoms with Gasteiger partial charge in [0.2, 0.25) is 0 Å². The summed E-state index contributed by atoms with van der Waals surface area (Å²) >= 11 is 3.22. The Hall–Kier alpha value is -1.56. The predicted octanol–water partition coefficient (Wildman–Crippen LogP) is 2.05. The van der Waals surface area contributed by atoms with Gasteiger partial charge in [0.1, 0.15) is 5.75 Å². The largest absolute Gasteiger partial charge is 0.483 e. The van der Waals surface area contributed by atoms with E-state index in [0.29, 0.717) is 22.7 Å². The molecule has 19 heavy (non-hydrogen) atoms. The molecule has 1 aliphatic rings. The Morgan fingerprint density at radius 3 is 2.74 bits per heavy atom. The molecule has 2 rings (SSSR count). The minimum atomic E-state index is -1.01. The Balaban J connectivity index is 1.84. The van der Waals surface area contributed by atoms with Crippen molar-refractivity contribution in [2.24, 2.45) is 5.92 Å². The zero-order valence-electron chi connectivity index (χ0n) is 10.2. The third kappa shape index (κ3) is 4.24. The highest BCUT2D eigenvalue weighted by atomic mass is 79.9. The van der Waals surface area contributed by atoms with Crippen LogP contribution in [0.1, 0.15) is 23.2 Å². The smallest absolute Gasteiger partial charge is 0.335 e. The van der Waals surface area contributed by atoms with Crippen molar-refractivity contribution in [3.63, 3.8) is 0 Å². The summed E-state index contributed by atoms with van der Waals surface area (Å²) in [5.74, 6) is -0.0901. The van der Waals surface area contributed by atoms with Crippen LogP contribution >= 0.6 is 15.9 Å². The number of aromatic carboxylic acids is 1. The molecule has 0 aromatic heterocycles. The first kappa shape index (κ1) is 13.9. The lowest BCUT2D eigenvalue weighted by atomic mass is 10.2. The standard InChI is InChI=1S/C13H14BrNO4/c14-10-5-9(13(17)18)3-4-11(10)19-7-12(16)15-6-8-1-2-8/h3-5,8H,1-2,6-7H2,(H,15,16)(H,17,18). The number of halogens is 1. The summed E-state index contributed by atoms with van der Waals surface area (Å²) in [5.41, 5.74) is 0.164. The molecule has 1 saturated carbocycles. The van der Waals surface area contributed by atoms with Gasteiger partial charge in [-0.3, -0.25) is 4.79 Å². The summed E-state index contributed by atoms with van der Waals surface area (Å²) in [5, 5.41) is 11.6. The van der Waals surface area contributed by atoms with E-state index in [2.05, 4.69) is 21.2 Å². The molecule has 0 atom stereocenters. The SMILES string of the molecule is O=C(COc1ccc(C(=O)O)cc1Br)NCC1CC1. The zero-order chi connectivity index (χ0) is 13.8. The van der Waals surface area contributed by atoms with Crippen LogP contribution in [0.15, 0.2) is 22.7 Å². The number of rotatable bonds is 6. The molecule has 0 heterocycles. The van der Waals surface area contributed by atoms with E-state index in [-0.39, 0.29) is 18.1 Å². The maximum absolute atomic E-state index is 11.5. The lowest BCUT2D eigenvalue weighted by molar-refractivity contribution is -0.123. The first-order chi connectivity index (χ1) is 9.06. The summed E-state index contributed by atoms with van der Waals surface area (Å²) in [4.78, 5) is 22.2. The number of carboxylic acid groups (broad SMARTS) is 1. The van der Waals surface area contributed by atoms with Crippen molar-refractivity contribution in [2.45, 2.75) is 12.8 Å². The van der Waals surface area contributed by atoms with Gasteiger partial charge in [-0.05, 0) is 52.9 Å². The van der Waals surface area contributed by atoms with Crippen LogP contribution in [0.4, 0.5) is 0 Å². The summed E-state index contributed by atoms with van der Waals surface area (Å²) in [7, 11) is 0. The third-order valence-corrected chi connectivity index (χ3v) is 3.44. The number of carboxylic acids is 1. The predicted molar refractivity (Wildman–Crippen MR) is 72.3 cm³/mol. The van der Waals surface area contributed by atoms with Crippen LogP contribution in [0, 0.1) is 5.92 Å². The topological polar surface area (TPSA) is 75.6 Å². The van der Waals surface area contributed by atoms with Crippen molar-refractivity contribution in [3.05, 3.63) is 28.2 Å². The number of amides is 1. The fourth-order valence-corrected chi connectivity index (χ4v) is 2.02. The molecule has 2 N–H and O–H groups in total. The van der Waals surface area contributed by atoms with Crippen LogP contribution in [0.25, 0.3) is 0 Å². The molecule has 102 valence electrons. The second-order valence-corrected chi connectivity index (χ2v) is 5.34. The van der Waals surface area contributed by atoms with E-state index in [9.17, 15) is 9.59 Å². The molecule has 1 aromatic carbocycles. The number of hydrogen-bond acceptors (Lipinski definition) is 3. The van der Waals surface area contributed by atoms with E-state index in [1.807, 2.05) is 0 Å². The van der Waals surface area contributed by atoms with Crippen LogP contribution in [0.5, 0.6) is 5.75 Å². The molecule has 0 unspecified atom stereocenters. The van der Waals surface area contributed by atoms with Gasteiger partial charge in [-0.2, -0.15) is 0 Å². The van der Waals surface area contributed by atoms with E-state index in [4.69, 9.17) is 9.84 Å². The van der Waals surface area contributed by atoms with Crippen LogP contribution in [-0.2, 0) is 4.79 Å². The molecule has 5 nitrogen and oxygen atoms in total. The Kier molecular flexibility index (Phi) is 4.42. The number of carbonyl (C=O) groups is 2. The molecule has 1 fully saturated rings. The number of carbonyl (C=O) groups excluding carboxylic acids is 1. The average molecular weight is 328 g/mol. The highest BCUT2D eigenvalue weighted by Crippen LogP contribution is 2.28. The average Bonchev–Trinajstić information content (AvgIpc) is 3.18. The molecule has 6 heteroatoms. The summed E-state index contributed by atoms with van der Waals surface area (Å²) in [6, 6.07) is 4.41. The Morgan fingerprint density at radius 2 is 2.16 bits per heavy atom. The van der Waals surface area contributed by atoms with Gasteiger partial charge in [0, 0.05) is 6.54 Å². The molecular weight excluding hydrogens is 314 g/mol. The van der Waals surface area contributed by atoms with Crippen LogP contribution in [0.3, 0.4) is 0 Å². The fourth-order valence-electron chi connectivity index (χ4n) is 1.53. The van der Waals surface area contributed by atoms with Gasteiger partial charge in [-0.1, -0.05) is 0 Å². The van der Waals surface area contributed by atoms with Crippen molar-refractivity contribution in [3.8, 4) is 5.75 Å². The normalized spacial score (nSPS) is 13.9. The van der Waals surface area contributed by atoms with Crippen LogP contribution in [0.2, 0.25) is 0 Å². The van der Waals surface area contributed by atoms with Gasteiger partial charge in [-0.25, -0.2) is 4.79 Å². The van der Waals surface area contributed by atoms with E-state index in [1.165, 1.54) is 31.0 Å². The Bertz CT molecular complexity index is 499. The first-order valence-corrected chi connectivity index (χ1v) is 6.78. The number of ether oxygens (including phenoxy) is 1. The van der Waals surface area contributed by atoms with Gasteiger partial charge < -0.3 is 15.2 Å². The lowest BCUT2D eigenvalue weighted by Gasteiger charge is -2.09. The maximum atomic E-state index is 11.5. The van der Waals surface area contributed by atoms with E-state index in [0.717, 1.165) is 0 Å². The fraction of sp³-hybridized carbons (Fsp3) is 0.385. The first-order valence-electron chi connectivity index (χ1n) is 5.98. The molecule has 1 aromatic rings. The molecule has 1 amide bonds. The van der Waals surface area contributed by atoms with Gasteiger partial charge in [-0.15, -0.1) is 0 Å². The van der Waals surface area contributed by atoms with Crippen molar-refractivity contribution in [1.29, 1.82) is 0 Å². The van der Waals surface area contributed by atoms with E-state index >= 15 is 0 Å². The Labute approximate surface area is 119 Å². The summed E-state index contributed by atoms with van der Waals surface area (Å²) in [6.07, 6.45) is 2.37. The minimum absolute atomic E-state index is 0.0717.